The van der Waals surface area contributed by atoms with Crippen LogP contribution in [0.1, 0.15) is 33.2 Å². The first-order chi connectivity index (χ1) is 21.4. The number of nitrogens with zero attached hydrogens (tertiary/aromatic N) is 8. The van der Waals surface area contributed by atoms with Gasteiger partial charge in [-0.2, -0.15) is 15.0 Å². The van der Waals surface area contributed by atoms with Crippen molar-refractivity contribution in [2.24, 2.45) is 5.73 Å². The molecule has 2 aliphatic heterocycles. The molecule has 0 saturated carbocycles. The highest BCUT2D eigenvalue weighted by atomic mass is 19.3. The number of halogens is 2. The van der Waals surface area contributed by atoms with Crippen LogP contribution in [-0.4, -0.2) is 93.7 Å². The lowest BCUT2D eigenvalue weighted by Crippen LogP contribution is -2.49. The Morgan fingerprint density at radius 1 is 0.818 bits per heavy atom. The largest absolute Gasteiger partial charge is 0.450 e. The predicted molar refractivity (Wildman–Crippen MR) is 155 cm³/mol. The van der Waals surface area contributed by atoms with Crippen LogP contribution in [0.3, 0.4) is 0 Å². The number of anilines is 2. The number of hydrogen-bond acceptors (Lipinski definition) is 10. The van der Waals surface area contributed by atoms with E-state index in [2.05, 4.69) is 15.0 Å². The summed E-state index contributed by atoms with van der Waals surface area (Å²) in [5.74, 6) is -0.647. The van der Waals surface area contributed by atoms with Crippen LogP contribution in [0.5, 0.6) is 0 Å². The number of imidazole rings is 1. The van der Waals surface area contributed by atoms with Crippen LogP contribution in [0.25, 0.3) is 28.0 Å². The molecule has 2 aromatic carbocycles. The monoisotopic (exact) mass is 603 g/mol. The molecule has 15 heteroatoms. The fraction of sp³-hybridized carbons (Fsp3) is 0.310. The zero-order valence-electron chi connectivity index (χ0n) is 23.4. The molecule has 44 heavy (non-hydrogen) atoms. The second-order valence-electron chi connectivity index (χ2n) is 10.4. The third-order valence-corrected chi connectivity index (χ3v) is 7.75. The Bertz CT molecular complexity index is 1880. The minimum absolute atomic E-state index is 0.0338. The molecule has 5 aromatic rings. The van der Waals surface area contributed by atoms with Crippen molar-refractivity contribution >= 4 is 45.7 Å². The maximum absolute atomic E-state index is 14.2. The van der Waals surface area contributed by atoms with Gasteiger partial charge in [-0.15, -0.1) is 0 Å². The number of rotatable bonds is 6. The van der Waals surface area contributed by atoms with E-state index in [1.165, 1.54) is 4.57 Å². The van der Waals surface area contributed by atoms with Gasteiger partial charge < -0.3 is 29.6 Å². The fourth-order valence-electron chi connectivity index (χ4n) is 5.52. The van der Waals surface area contributed by atoms with E-state index >= 15 is 0 Å². The third kappa shape index (κ3) is 4.94. The molecule has 2 saturated heterocycles. The van der Waals surface area contributed by atoms with Crippen molar-refractivity contribution in [3.05, 3.63) is 65.7 Å². The van der Waals surface area contributed by atoms with Gasteiger partial charge in [0, 0.05) is 44.7 Å². The topological polar surface area (TPSA) is 149 Å². The quantitative estimate of drug-likeness (QED) is 0.307. The van der Waals surface area contributed by atoms with Crippen molar-refractivity contribution in [2.45, 2.75) is 6.43 Å². The van der Waals surface area contributed by atoms with Gasteiger partial charge >= 0.3 is 0 Å². The summed E-state index contributed by atoms with van der Waals surface area (Å²) in [5, 5.41) is 0.604. The molecule has 2 amide bonds. The summed E-state index contributed by atoms with van der Waals surface area (Å²) >= 11 is 0. The number of amides is 2. The summed E-state index contributed by atoms with van der Waals surface area (Å²) in [6, 6.07) is 13.4. The van der Waals surface area contributed by atoms with Crippen LogP contribution < -0.4 is 15.5 Å². The number of nitrogens with two attached hydrogens (primary N) is 1. The first-order valence-corrected chi connectivity index (χ1v) is 14.1. The molecule has 0 aliphatic carbocycles. The molecule has 2 aliphatic rings. The minimum atomic E-state index is -2.86. The fourth-order valence-corrected chi connectivity index (χ4v) is 5.52. The van der Waals surface area contributed by atoms with Crippen LogP contribution in [0.15, 0.2) is 52.9 Å². The number of carbonyl (C=O) groups excluding carboxylic acids is 2. The summed E-state index contributed by atoms with van der Waals surface area (Å²) < 4.78 is 40.9. The normalized spacial score (nSPS) is 15.9. The van der Waals surface area contributed by atoms with E-state index in [-0.39, 0.29) is 28.8 Å². The van der Waals surface area contributed by atoms with E-state index in [1.54, 1.807) is 53.4 Å². The van der Waals surface area contributed by atoms with Crippen LogP contribution in [0.2, 0.25) is 0 Å². The van der Waals surface area contributed by atoms with Crippen molar-refractivity contribution in [3.8, 4) is 5.95 Å². The Hall–Kier alpha value is -5.18. The molecule has 0 unspecified atom stereocenters. The van der Waals surface area contributed by atoms with Gasteiger partial charge in [-0.3, -0.25) is 14.2 Å². The number of fused-ring (bicyclic) bond motifs is 2. The van der Waals surface area contributed by atoms with E-state index in [0.717, 1.165) is 0 Å². The number of para-hydroxylation sites is 3. The van der Waals surface area contributed by atoms with E-state index in [9.17, 15) is 18.4 Å². The number of morpholine rings is 1. The molecule has 0 radical (unpaired) electrons. The summed E-state index contributed by atoms with van der Waals surface area (Å²) in [4.78, 5) is 48.7. The number of primary amides is 1. The Morgan fingerprint density at radius 2 is 1.50 bits per heavy atom. The smallest absolute Gasteiger partial charge is 0.296 e. The highest BCUT2D eigenvalue weighted by Gasteiger charge is 2.29. The summed E-state index contributed by atoms with van der Waals surface area (Å²) in [7, 11) is 0. The first-order valence-electron chi connectivity index (χ1n) is 14.1. The highest BCUT2D eigenvalue weighted by molar-refractivity contribution is 6.06. The Balaban J connectivity index is 1.19. The van der Waals surface area contributed by atoms with Gasteiger partial charge in [0.25, 0.3) is 18.2 Å². The SMILES string of the molecule is NC(=O)c1cccc2cc(C(=O)N3CCN(c4nc(N5CCOCC5)nc(-n5c(C(F)F)nc6ccccc65)n4)CC3)oc12. The maximum Gasteiger partial charge on any atom is 0.296 e. The lowest BCUT2D eigenvalue weighted by molar-refractivity contribution is 0.0716. The molecule has 5 heterocycles. The molecule has 3 aromatic heterocycles. The molecule has 0 spiro atoms. The Morgan fingerprint density at radius 3 is 2.20 bits per heavy atom. The van der Waals surface area contributed by atoms with Crippen LogP contribution >= 0.6 is 0 Å². The number of benzene rings is 2. The molecular weight excluding hydrogens is 576 g/mol. The number of carbonyl (C=O) groups is 2. The maximum atomic E-state index is 14.2. The number of ether oxygens (including phenoxy) is 1. The standard InChI is InChI=1S/C29H27F2N9O4/c30-23(31)25-33-19-6-1-2-7-20(19)40(25)29-35-27(34-28(36-29)39-12-14-43-15-13-39)38-10-8-37(9-11-38)26(42)21-16-17-4-3-5-18(24(32)41)22(17)44-21/h1-7,16,23H,8-15H2,(H2,32,41). The zero-order valence-corrected chi connectivity index (χ0v) is 23.4. The molecule has 0 atom stereocenters. The van der Waals surface area contributed by atoms with Gasteiger partial charge in [0.15, 0.2) is 11.6 Å². The highest BCUT2D eigenvalue weighted by Crippen LogP contribution is 2.29. The van der Waals surface area contributed by atoms with E-state index in [4.69, 9.17) is 19.9 Å². The van der Waals surface area contributed by atoms with Crippen molar-refractivity contribution in [1.29, 1.82) is 0 Å². The number of hydrogen-bond donors (Lipinski definition) is 1. The van der Waals surface area contributed by atoms with Gasteiger partial charge in [0.1, 0.15) is 5.58 Å². The van der Waals surface area contributed by atoms with Crippen molar-refractivity contribution in [1.82, 2.24) is 29.4 Å². The van der Waals surface area contributed by atoms with Crippen molar-refractivity contribution < 1.29 is 27.5 Å². The predicted octanol–water partition coefficient (Wildman–Crippen LogP) is 2.79. The number of piperazine rings is 1. The molecule has 0 bridgehead atoms. The molecule has 7 rings (SSSR count). The van der Waals surface area contributed by atoms with Gasteiger partial charge in [-0.1, -0.05) is 24.3 Å². The van der Waals surface area contributed by atoms with E-state index < -0.39 is 18.2 Å². The second-order valence-corrected chi connectivity index (χ2v) is 10.4. The van der Waals surface area contributed by atoms with Gasteiger partial charge in [-0.05, 0) is 24.3 Å². The summed E-state index contributed by atoms with van der Waals surface area (Å²) in [5.41, 5.74) is 6.79. The molecule has 13 nitrogen and oxygen atoms in total. The third-order valence-electron chi connectivity index (χ3n) is 7.75. The van der Waals surface area contributed by atoms with Gasteiger partial charge in [0.05, 0.1) is 29.8 Å². The van der Waals surface area contributed by atoms with Crippen LogP contribution in [0.4, 0.5) is 20.7 Å². The number of furan rings is 1. The lowest BCUT2D eigenvalue weighted by atomic mass is 10.1. The molecule has 226 valence electrons. The van der Waals surface area contributed by atoms with Crippen LogP contribution in [0, 0.1) is 0 Å². The van der Waals surface area contributed by atoms with E-state index in [1.807, 2.05) is 9.80 Å². The average Bonchev–Trinajstić information content (AvgIpc) is 3.67. The second kappa shape index (κ2) is 11.1. The summed E-state index contributed by atoms with van der Waals surface area (Å²) in [6.45, 7) is 3.42. The number of aromatic nitrogens is 5. The first kappa shape index (κ1) is 27.6. The van der Waals surface area contributed by atoms with Crippen molar-refractivity contribution in [2.75, 3.05) is 62.3 Å². The summed E-state index contributed by atoms with van der Waals surface area (Å²) in [6.07, 6.45) is -2.86. The van der Waals surface area contributed by atoms with Gasteiger partial charge in [-0.25, -0.2) is 13.8 Å². The zero-order chi connectivity index (χ0) is 30.4. The Labute approximate surface area is 248 Å². The van der Waals surface area contributed by atoms with Gasteiger partial charge in [0.2, 0.25) is 17.8 Å². The molecule has 2 fully saturated rings. The van der Waals surface area contributed by atoms with Crippen LogP contribution in [-0.2, 0) is 4.74 Å². The average molecular weight is 604 g/mol. The van der Waals surface area contributed by atoms with E-state index in [0.29, 0.717) is 80.8 Å². The minimum Gasteiger partial charge on any atom is -0.450 e. The van der Waals surface area contributed by atoms with Crippen molar-refractivity contribution in [3.63, 3.8) is 0 Å². The Kier molecular flexibility index (Phi) is 7.00. The molecular formula is C29H27F2N9O4. The lowest BCUT2D eigenvalue weighted by Gasteiger charge is -2.35. The number of alkyl halides is 2. The molecule has 2 N–H and O–H groups in total.